The van der Waals surface area contributed by atoms with Crippen LogP contribution in [0.1, 0.15) is 5.56 Å². The molecular weight excluding hydrogens is 273 g/mol. The molecule has 2 rings (SSSR count). The Morgan fingerprint density at radius 3 is 2.25 bits per heavy atom. The number of hydrogen-bond donors (Lipinski definition) is 1. The van der Waals surface area contributed by atoms with Crippen molar-refractivity contribution >= 4 is 0 Å². The molecule has 0 aliphatic carbocycles. The highest BCUT2D eigenvalue weighted by molar-refractivity contribution is 5.32. The predicted molar refractivity (Wildman–Crippen MR) is 65.6 cm³/mol. The highest BCUT2D eigenvalue weighted by atomic mass is 19.4. The maximum atomic E-state index is 12.0. The van der Waals surface area contributed by atoms with Crippen LogP contribution < -0.4 is 9.47 Å². The summed E-state index contributed by atoms with van der Waals surface area (Å²) in [6, 6.07) is 11.6. The van der Waals surface area contributed by atoms with Crippen molar-refractivity contribution in [1.29, 1.82) is 0 Å². The zero-order chi connectivity index (χ0) is 14.6. The van der Waals surface area contributed by atoms with Crippen molar-refractivity contribution in [1.82, 2.24) is 0 Å². The number of phenolic OH excluding ortho intramolecular Hbond substituents is 1. The molecule has 0 saturated carbocycles. The summed E-state index contributed by atoms with van der Waals surface area (Å²) in [5.74, 6) is 0.274. The fraction of sp³-hybridized carbons (Fsp3) is 0.143. The minimum atomic E-state index is -4.69. The highest BCUT2D eigenvalue weighted by Crippen LogP contribution is 2.23. The van der Waals surface area contributed by atoms with Gasteiger partial charge >= 0.3 is 6.36 Å². The molecule has 0 aromatic heterocycles. The lowest BCUT2D eigenvalue weighted by Gasteiger charge is -2.10. The number of alkyl halides is 3. The fourth-order valence-corrected chi connectivity index (χ4v) is 1.53. The van der Waals surface area contributed by atoms with Crippen LogP contribution >= 0.6 is 0 Å². The summed E-state index contributed by atoms with van der Waals surface area (Å²) in [4.78, 5) is 0. The minimum absolute atomic E-state index is 0.0800. The van der Waals surface area contributed by atoms with Crippen molar-refractivity contribution in [2.75, 3.05) is 0 Å². The summed E-state index contributed by atoms with van der Waals surface area (Å²) in [6.45, 7) is 0.176. The third-order valence-electron chi connectivity index (χ3n) is 2.38. The second-order valence-corrected chi connectivity index (χ2v) is 3.98. The summed E-state index contributed by atoms with van der Waals surface area (Å²) in [6.07, 6.45) is -4.69. The Morgan fingerprint density at radius 1 is 0.950 bits per heavy atom. The Bertz CT molecular complexity index is 565. The number of ether oxygens (including phenoxy) is 2. The molecule has 0 bridgehead atoms. The molecule has 0 amide bonds. The van der Waals surface area contributed by atoms with Crippen molar-refractivity contribution in [3.8, 4) is 17.2 Å². The van der Waals surface area contributed by atoms with Gasteiger partial charge in [0, 0.05) is 6.07 Å². The van der Waals surface area contributed by atoms with Crippen LogP contribution in [0, 0.1) is 0 Å². The van der Waals surface area contributed by atoms with E-state index in [9.17, 15) is 18.3 Å². The molecule has 0 saturated heterocycles. The SMILES string of the molecule is Oc1cccc(OCc2ccc(OC(F)(F)F)cc2)c1. The second kappa shape index (κ2) is 5.73. The molecule has 0 aliphatic rings. The monoisotopic (exact) mass is 284 g/mol. The third-order valence-corrected chi connectivity index (χ3v) is 2.38. The Balaban J connectivity index is 1.94. The van der Waals surface area contributed by atoms with Gasteiger partial charge in [0.05, 0.1) is 0 Å². The standard InChI is InChI=1S/C14H11F3O3/c15-14(16,17)20-12-6-4-10(5-7-12)9-19-13-3-1-2-11(18)8-13/h1-8,18H,9H2. The Labute approximate surface area is 113 Å². The van der Waals surface area contributed by atoms with Crippen molar-refractivity contribution in [2.45, 2.75) is 13.0 Å². The predicted octanol–water partition coefficient (Wildman–Crippen LogP) is 3.87. The maximum absolute atomic E-state index is 12.0. The van der Waals surface area contributed by atoms with E-state index >= 15 is 0 Å². The molecule has 1 N–H and O–H groups in total. The van der Waals surface area contributed by atoms with Gasteiger partial charge in [-0.15, -0.1) is 13.2 Å². The van der Waals surface area contributed by atoms with Crippen molar-refractivity contribution in [3.05, 3.63) is 54.1 Å². The number of aromatic hydroxyl groups is 1. The topological polar surface area (TPSA) is 38.7 Å². The largest absolute Gasteiger partial charge is 0.573 e. The van der Waals surface area contributed by atoms with Crippen LogP contribution in [0.15, 0.2) is 48.5 Å². The van der Waals surface area contributed by atoms with E-state index in [1.807, 2.05) is 0 Å². The number of benzene rings is 2. The lowest BCUT2D eigenvalue weighted by atomic mass is 10.2. The van der Waals surface area contributed by atoms with E-state index in [0.717, 1.165) is 0 Å². The molecule has 6 heteroatoms. The first-order valence-corrected chi connectivity index (χ1v) is 5.69. The summed E-state index contributed by atoms with van der Waals surface area (Å²) in [7, 11) is 0. The van der Waals surface area contributed by atoms with E-state index in [4.69, 9.17) is 4.74 Å². The average molecular weight is 284 g/mol. The van der Waals surface area contributed by atoms with Crippen LogP contribution in [-0.4, -0.2) is 11.5 Å². The molecule has 2 aromatic rings. The molecule has 0 unspecified atom stereocenters. The molecule has 3 nitrogen and oxygen atoms in total. The summed E-state index contributed by atoms with van der Waals surface area (Å²) < 4.78 is 45.1. The normalized spacial score (nSPS) is 11.2. The quantitative estimate of drug-likeness (QED) is 0.926. The first-order chi connectivity index (χ1) is 9.42. The van der Waals surface area contributed by atoms with E-state index in [2.05, 4.69) is 4.74 Å². The lowest BCUT2D eigenvalue weighted by Crippen LogP contribution is -2.17. The van der Waals surface area contributed by atoms with Crippen molar-refractivity contribution < 1.29 is 27.8 Å². The van der Waals surface area contributed by atoms with E-state index in [1.54, 1.807) is 12.1 Å². The first-order valence-electron chi connectivity index (χ1n) is 5.69. The van der Waals surface area contributed by atoms with Gasteiger partial charge in [-0.05, 0) is 29.8 Å². The number of rotatable bonds is 4. The van der Waals surface area contributed by atoms with Crippen LogP contribution in [0.5, 0.6) is 17.2 Å². The summed E-state index contributed by atoms with van der Waals surface area (Å²) in [5.41, 5.74) is 0.683. The molecular formula is C14H11F3O3. The number of hydrogen-bond acceptors (Lipinski definition) is 3. The lowest BCUT2D eigenvalue weighted by molar-refractivity contribution is -0.274. The molecule has 0 heterocycles. The van der Waals surface area contributed by atoms with Gasteiger partial charge in [-0.3, -0.25) is 0 Å². The summed E-state index contributed by atoms with van der Waals surface area (Å²) >= 11 is 0. The van der Waals surface area contributed by atoms with Gasteiger partial charge in [0.15, 0.2) is 0 Å². The Kier molecular flexibility index (Phi) is 4.02. The van der Waals surface area contributed by atoms with Gasteiger partial charge in [-0.25, -0.2) is 0 Å². The second-order valence-electron chi connectivity index (χ2n) is 3.98. The molecule has 2 aromatic carbocycles. The smallest absolute Gasteiger partial charge is 0.508 e. The molecule has 0 atom stereocenters. The van der Waals surface area contributed by atoms with Gasteiger partial charge in [0.2, 0.25) is 0 Å². The third kappa shape index (κ3) is 4.38. The molecule has 0 fully saturated rings. The van der Waals surface area contributed by atoms with E-state index in [1.165, 1.54) is 36.4 Å². The van der Waals surface area contributed by atoms with Crippen molar-refractivity contribution in [3.63, 3.8) is 0 Å². The van der Waals surface area contributed by atoms with Crippen LogP contribution in [0.3, 0.4) is 0 Å². The average Bonchev–Trinajstić information content (AvgIpc) is 2.36. The van der Waals surface area contributed by atoms with E-state index < -0.39 is 6.36 Å². The zero-order valence-corrected chi connectivity index (χ0v) is 10.2. The summed E-state index contributed by atoms with van der Waals surface area (Å²) in [5, 5.41) is 9.25. The maximum Gasteiger partial charge on any atom is 0.573 e. The molecule has 0 radical (unpaired) electrons. The number of phenols is 1. The van der Waals surface area contributed by atoms with Crippen LogP contribution in [0.2, 0.25) is 0 Å². The van der Waals surface area contributed by atoms with Gasteiger partial charge in [0.25, 0.3) is 0 Å². The van der Waals surface area contributed by atoms with Gasteiger partial charge < -0.3 is 14.6 Å². The van der Waals surface area contributed by atoms with E-state index in [0.29, 0.717) is 11.3 Å². The van der Waals surface area contributed by atoms with Crippen molar-refractivity contribution in [2.24, 2.45) is 0 Å². The van der Waals surface area contributed by atoms with Gasteiger partial charge in [0.1, 0.15) is 23.9 Å². The zero-order valence-electron chi connectivity index (χ0n) is 10.2. The molecule has 106 valence electrons. The Hall–Kier alpha value is -2.37. The molecule has 0 aliphatic heterocycles. The number of halogens is 3. The van der Waals surface area contributed by atoms with Gasteiger partial charge in [-0.2, -0.15) is 0 Å². The fourth-order valence-electron chi connectivity index (χ4n) is 1.53. The first kappa shape index (κ1) is 14.0. The minimum Gasteiger partial charge on any atom is -0.508 e. The molecule has 0 spiro atoms. The van der Waals surface area contributed by atoms with E-state index in [-0.39, 0.29) is 18.1 Å². The van der Waals surface area contributed by atoms with Gasteiger partial charge in [-0.1, -0.05) is 18.2 Å². The van der Waals surface area contributed by atoms with Crippen LogP contribution in [0.4, 0.5) is 13.2 Å². The van der Waals surface area contributed by atoms with Crippen LogP contribution in [0.25, 0.3) is 0 Å². The highest BCUT2D eigenvalue weighted by Gasteiger charge is 2.30. The molecule has 20 heavy (non-hydrogen) atoms. The Morgan fingerprint density at radius 2 is 1.65 bits per heavy atom. The van der Waals surface area contributed by atoms with Crippen LogP contribution in [-0.2, 0) is 6.61 Å².